The molecule has 22 heavy (non-hydrogen) atoms. The highest BCUT2D eigenvalue weighted by molar-refractivity contribution is 7.98. The first kappa shape index (κ1) is 16.4. The van der Waals surface area contributed by atoms with Gasteiger partial charge in [-0.05, 0) is 26.3 Å². The van der Waals surface area contributed by atoms with Crippen LogP contribution in [0.25, 0.3) is 0 Å². The van der Waals surface area contributed by atoms with Crippen molar-refractivity contribution in [2.45, 2.75) is 43.9 Å². The first-order valence-electron chi connectivity index (χ1n) is 6.88. The van der Waals surface area contributed by atoms with Crippen molar-refractivity contribution in [3.8, 4) is 0 Å². The number of hydrogen-bond acceptors (Lipinski definition) is 6. The average Bonchev–Trinajstić information content (AvgIpc) is 2.90. The smallest absolute Gasteiger partial charge is 0.408 e. The molecule has 0 saturated carbocycles. The quantitative estimate of drug-likeness (QED) is 0.851. The molecule has 6 nitrogen and oxygen atoms in total. The second kappa shape index (κ2) is 7.31. The normalized spacial score (nSPS) is 11.2. The summed E-state index contributed by atoms with van der Waals surface area (Å²) in [5.74, 6) is 1.10. The number of thioether (sulfide) groups is 1. The highest BCUT2D eigenvalue weighted by Gasteiger charge is 2.16. The molecule has 0 bridgehead atoms. The van der Waals surface area contributed by atoms with Crippen LogP contribution in [0, 0.1) is 0 Å². The third-order valence-corrected chi connectivity index (χ3v) is 3.33. The molecule has 0 fully saturated rings. The Kier molecular flexibility index (Phi) is 5.43. The van der Waals surface area contributed by atoms with Gasteiger partial charge in [-0.1, -0.05) is 42.1 Å². The SMILES string of the molecule is CC(C)(C)OC(=O)NCc1nnc(SCc2ccccc2)o1. The third kappa shape index (κ3) is 5.77. The molecule has 118 valence electrons. The molecule has 1 aromatic heterocycles. The van der Waals surface area contributed by atoms with Crippen molar-refractivity contribution in [2.75, 3.05) is 0 Å². The van der Waals surface area contributed by atoms with Crippen LogP contribution in [-0.4, -0.2) is 21.9 Å². The monoisotopic (exact) mass is 321 g/mol. The van der Waals surface area contributed by atoms with E-state index in [0.29, 0.717) is 11.1 Å². The van der Waals surface area contributed by atoms with Crippen LogP contribution in [-0.2, 0) is 17.0 Å². The number of ether oxygens (including phenoxy) is 1. The molecule has 7 heteroatoms. The maximum Gasteiger partial charge on any atom is 0.408 e. The molecule has 1 aromatic carbocycles. The van der Waals surface area contributed by atoms with Crippen molar-refractivity contribution in [1.29, 1.82) is 0 Å². The lowest BCUT2D eigenvalue weighted by molar-refractivity contribution is 0.0518. The van der Waals surface area contributed by atoms with Gasteiger partial charge in [-0.25, -0.2) is 4.79 Å². The first-order valence-corrected chi connectivity index (χ1v) is 7.87. The van der Waals surface area contributed by atoms with Crippen LogP contribution in [0.2, 0.25) is 0 Å². The Morgan fingerprint density at radius 3 is 2.68 bits per heavy atom. The highest BCUT2D eigenvalue weighted by Crippen LogP contribution is 2.21. The van der Waals surface area contributed by atoms with Crippen LogP contribution in [0.4, 0.5) is 4.79 Å². The van der Waals surface area contributed by atoms with Crippen LogP contribution in [0.5, 0.6) is 0 Å². The number of carbonyl (C=O) groups excluding carboxylic acids is 1. The number of amides is 1. The minimum absolute atomic E-state index is 0.147. The predicted molar refractivity (Wildman–Crippen MR) is 83.4 cm³/mol. The maximum atomic E-state index is 11.5. The molecule has 0 saturated heterocycles. The fraction of sp³-hybridized carbons (Fsp3) is 0.400. The lowest BCUT2D eigenvalue weighted by Crippen LogP contribution is -2.32. The molecule has 0 radical (unpaired) electrons. The van der Waals surface area contributed by atoms with Gasteiger partial charge in [-0.3, -0.25) is 0 Å². The Balaban J connectivity index is 1.78. The zero-order valence-electron chi connectivity index (χ0n) is 12.8. The van der Waals surface area contributed by atoms with Gasteiger partial charge in [0.15, 0.2) is 0 Å². The van der Waals surface area contributed by atoms with Crippen LogP contribution in [0.15, 0.2) is 40.0 Å². The molecule has 1 amide bonds. The Morgan fingerprint density at radius 1 is 1.27 bits per heavy atom. The molecule has 0 unspecified atom stereocenters. The topological polar surface area (TPSA) is 77.2 Å². The molecule has 1 heterocycles. The summed E-state index contributed by atoms with van der Waals surface area (Å²) < 4.78 is 10.6. The molecule has 2 rings (SSSR count). The number of nitrogens with one attached hydrogen (secondary N) is 1. The minimum Gasteiger partial charge on any atom is -0.444 e. The van der Waals surface area contributed by atoms with Crippen molar-refractivity contribution < 1.29 is 13.9 Å². The Bertz CT molecular complexity index is 608. The van der Waals surface area contributed by atoms with Gasteiger partial charge in [0.25, 0.3) is 5.22 Å². The van der Waals surface area contributed by atoms with Crippen LogP contribution >= 0.6 is 11.8 Å². The number of hydrogen-bond donors (Lipinski definition) is 1. The van der Waals surface area contributed by atoms with E-state index in [1.165, 1.54) is 17.3 Å². The second-order valence-electron chi connectivity index (χ2n) is 5.59. The van der Waals surface area contributed by atoms with Crippen LogP contribution < -0.4 is 5.32 Å². The summed E-state index contributed by atoms with van der Waals surface area (Å²) in [5.41, 5.74) is 0.648. The molecule has 0 atom stereocenters. The van der Waals surface area contributed by atoms with Crippen molar-refractivity contribution in [2.24, 2.45) is 0 Å². The van der Waals surface area contributed by atoms with E-state index in [9.17, 15) is 4.79 Å². The van der Waals surface area contributed by atoms with E-state index in [2.05, 4.69) is 15.5 Å². The summed E-state index contributed by atoms with van der Waals surface area (Å²) in [4.78, 5) is 11.5. The van der Waals surface area contributed by atoms with Gasteiger partial charge in [0.1, 0.15) is 5.60 Å². The Labute approximate surface area is 133 Å². The van der Waals surface area contributed by atoms with Crippen molar-refractivity contribution in [3.05, 3.63) is 41.8 Å². The van der Waals surface area contributed by atoms with Gasteiger partial charge in [0, 0.05) is 5.75 Å². The van der Waals surface area contributed by atoms with E-state index in [4.69, 9.17) is 9.15 Å². The van der Waals surface area contributed by atoms with Gasteiger partial charge in [-0.15, -0.1) is 10.2 Å². The zero-order chi connectivity index (χ0) is 16.0. The zero-order valence-corrected chi connectivity index (χ0v) is 13.6. The number of nitrogens with zero attached hydrogens (tertiary/aromatic N) is 2. The van der Waals surface area contributed by atoms with Gasteiger partial charge in [-0.2, -0.15) is 0 Å². The molecule has 0 spiro atoms. The number of carbonyl (C=O) groups is 1. The van der Waals surface area contributed by atoms with Crippen LogP contribution in [0.3, 0.4) is 0 Å². The number of rotatable bonds is 5. The molecule has 2 aromatic rings. The van der Waals surface area contributed by atoms with E-state index in [0.717, 1.165) is 5.75 Å². The molecule has 0 aliphatic carbocycles. The summed E-state index contributed by atoms with van der Waals surface area (Å²) in [5, 5.41) is 10.9. The molecule has 0 aliphatic rings. The lowest BCUT2D eigenvalue weighted by atomic mass is 10.2. The van der Waals surface area contributed by atoms with E-state index < -0.39 is 11.7 Å². The maximum absolute atomic E-state index is 11.5. The number of aromatic nitrogens is 2. The third-order valence-electron chi connectivity index (χ3n) is 2.44. The standard InChI is InChI=1S/C15H19N3O3S/c1-15(2,3)21-13(19)16-9-12-17-18-14(20-12)22-10-11-7-5-4-6-8-11/h4-8H,9-10H2,1-3H3,(H,16,19). The second-order valence-corrected chi connectivity index (χ2v) is 6.52. The van der Waals surface area contributed by atoms with E-state index in [-0.39, 0.29) is 6.54 Å². The van der Waals surface area contributed by atoms with E-state index in [1.807, 2.05) is 30.3 Å². The van der Waals surface area contributed by atoms with E-state index in [1.54, 1.807) is 20.8 Å². The van der Waals surface area contributed by atoms with Crippen molar-refractivity contribution >= 4 is 17.9 Å². The van der Waals surface area contributed by atoms with Gasteiger partial charge < -0.3 is 14.5 Å². The summed E-state index contributed by atoms with van der Waals surface area (Å²) in [6.45, 7) is 5.56. The fourth-order valence-corrected chi connectivity index (χ4v) is 2.29. The summed E-state index contributed by atoms with van der Waals surface area (Å²) in [6, 6.07) is 10.0. The molecular formula is C15H19N3O3S. The van der Waals surface area contributed by atoms with Crippen LogP contribution in [0.1, 0.15) is 32.2 Å². The predicted octanol–water partition coefficient (Wildman–Crippen LogP) is 3.39. The highest BCUT2D eigenvalue weighted by atomic mass is 32.2. The summed E-state index contributed by atoms with van der Waals surface area (Å²) in [6.07, 6.45) is -0.510. The summed E-state index contributed by atoms with van der Waals surface area (Å²) >= 11 is 1.45. The van der Waals surface area contributed by atoms with Gasteiger partial charge >= 0.3 is 6.09 Å². The Hall–Kier alpha value is -2.02. The minimum atomic E-state index is -0.532. The largest absolute Gasteiger partial charge is 0.444 e. The number of benzene rings is 1. The molecular weight excluding hydrogens is 302 g/mol. The van der Waals surface area contributed by atoms with E-state index >= 15 is 0 Å². The Morgan fingerprint density at radius 2 is 2.00 bits per heavy atom. The first-order chi connectivity index (χ1) is 10.4. The lowest BCUT2D eigenvalue weighted by Gasteiger charge is -2.19. The molecule has 1 N–H and O–H groups in total. The summed E-state index contributed by atoms with van der Waals surface area (Å²) in [7, 11) is 0. The van der Waals surface area contributed by atoms with Crippen molar-refractivity contribution in [1.82, 2.24) is 15.5 Å². The van der Waals surface area contributed by atoms with Crippen molar-refractivity contribution in [3.63, 3.8) is 0 Å². The molecule has 0 aliphatic heterocycles. The average molecular weight is 321 g/mol. The van der Waals surface area contributed by atoms with Gasteiger partial charge in [0.2, 0.25) is 5.89 Å². The van der Waals surface area contributed by atoms with Gasteiger partial charge in [0.05, 0.1) is 6.54 Å². The number of alkyl carbamates (subject to hydrolysis) is 1. The fourth-order valence-electron chi connectivity index (χ4n) is 1.55.